The molecule has 8 heteroatoms. The Balaban J connectivity index is 1.74. The van der Waals surface area contributed by atoms with E-state index in [0.29, 0.717) is 23.0 Å². The fourth-order valence-electron chi connectivity index (χ4n) is 3.68. The van der Waals surface area contributed by atoms with Crippen molar-refractivity contribution in [2.75, 3.05) is 17.3 Å². The summed E-state index contributed by atoms with van der Waals surface area (Å²) in [6.07, 6.45) is 6.22. The fourth-order valence-corrected chi connectivity index (χ4v) is 3.68. The summed E-state index contributed by atoms with van der Waals surface area (Å²) < 4.78 is 28.8. The molecule has 0 bridgehead atoms. The van der Waals surface area contributed by atoms with Crippen molar-refractivity contribution in [3.8, 4) is 0 Å². The summed E-state index contributed by atoms with van der Waals surface area (Å²) in [5.74, 6) is -0.908. The second-order valence-corrected chi connectivity index (χ2v) is 7.15. The van der Waals surface area contributed by atoms with E-state index < -0.39 is 11.6 Å². The van der Waals surface area contributed by atoms with E-state index in [1.165, 1.54) is 28.4 Å². The van der Waals surface area contributed by atoms with Gasteiger partial charge >= 0.3 is 0 Å². The van der Waals surface area contributed by atoms with Crippen molar-refractivity contribution < 1.29 is 8.78 Å². The lowest BCUT2D eigenvalue weighted by molar-refractivity contribution is 0.583. The smallest absolute Gasteiger partial charge is 0.275 e. The van der Waals surface area contributed by atoms with E-state index in [2.05, 4.69) is 15.3 Å². The lowest BCUT2D eigenvalue weighted by Crippen LogP contribution is -2.27. The number of hydrogen-bond donors (Lipinski definition) is 1. The molecule has 3 aromatic rings. The van der Waals surface area contributed by atoms with Gasteiger partial charge in [-0.1, -0.05) is 12.8 Å². The number of aromatic nitrogens is 3. The van der Waals surface area contributed by atoms with Crippen LogP contribution in [0.5, 0.6) is 0 Å². The zero-order valence-electron chi connectivity index (χ0n) is 15.7. The van der Waals surface area contributed by atoms with Crippen LogP contribution in [0.1, 0.15) is 25.7 Å². The van der Waals surface area contributed by atoms with Gasteiger partial charge in [-0.25, -0.2) is 13.8 Å². The van der Waals surface area contributed by atoms with Gasteiger partial charge in [-0.15, -0.1) is 0 Å². The van der Waals surface area contributed by atoms with Gasteiger partial charge in [0.2, 0.25) is 5.95 Å². The number of hydrogen-bond acceptors (Lipinski definition) is 5. The second kappa shape index (κ2) is 7.18. The van der Waals surface area contributed by atoms with Gasteiger partial charge in [0.1, 0.15) is 23.0 Å². The standard InChI is InChI=1S/C20H21F2N5O/c1-26(16-8-7-13(21)10-15(16)22)17-9-12-11-23-20(24-14-5-3-4-6-14)25-18(12)27(2)19(17)28/h7-11,14H,3-6H2,1-2H3,(H,23,24,25). The summed E-state index contributed by atoms with van der Waals surface area (Å²) in [7, 11) is 3.19. The van der Waals surface area contributed by atoms with Crippen molar-refractivity contribution >= 4 is 28.4 Å². The number of benzene rings is 1. The lowest BCUT2D eigenvalue weighted by Gasteiger charge is -2.21. The molecule has 2 aromatic heterocycles. The first kappa shape index (κ1) is 18.3. The van der Waals surface area contributed by atoms with E-state index in [1.54, 1.807) is 26.4 Å². The molecule has 146 valence electrons. The van der Waals surface area contributed by atoms with Gasteiger partial charge in [-0.3, -0.25) is 9.36 Å². The minimum atomic E-state index is -0.739. The molecule has 0 aliphatic heterocycles. The molecule has 0 amide bonds. The average molecular weight is 385 g/mol. The van der Waals surface area contributed by atoms with Gasteiger partial charge < -0.3 is 10.2 Å². The van der Waals surface area contributed by atoms with Crippen LogP contribution in [-0.4, -0.2) is 27.6 Å². The highest BCUT2D eigenvalue weighted by Gasteiger charge is 2.19. The number of fused-ring (bicyclic) bond motifs is 1. The number of halogens is 2. The molecule has 0 spiro atoms. The van der Waals surface area contributed by atoms with Gasteiger partial charge in [0, 0.05) is 37.8 Å². The van der Waals surface area contributed by atoms with Crippen molar-refractivity contribution in [1.82, 2.24) is 14.5 Å². The molecular formula is C20H21F2N5O. The predicted molar refractivity (Wildman–Crippen MR) is 105 cm³/mol. The van der Waals surface area contributed by atoms with Gasteiger partial charge in [-0.2, -0.15) is 4.98 Å². The molecule has 28 heavy (non-hydrogen) atoms. The minimum Gasteiger partial charge on any atom is -0.351 e. The molecule has 1 saturated carbocycles. The van der Waals surface area contributed by atoms with Crippen molar-refractivity contribution in [1.29, 1.82) is 0 Å². The maximum atomic E-state index is 14.2. The number of nitrogens with zero attached hydrogens (tertiary/aromatic N) is 4. The third-order valence-electron chi connectivity index (χ3n) is 5.25. The first-order valence-corrected chi connectivity index (χ1v) is 9.26. The highest BCUT2D eigenvalue weighted by atomic mass is 19.1. The van der Waals surface area contributed by atoms with Crippen LogP contribution in [0.15, 0.2) is 35.3 Å². The molecule has 0 unspecified atom stereocenters. The predicted octanol–water partition coefficient (Wildman–Crippen LogP) is 3.73. The Morgan fingerprint density at radius 1 is 1.18 bits per heavy atom. The van der Waals surface area contributed by atoms with E-state index in [4.69, 9.17) is 0 Å². The molecule has 0 radical (unpaired) electrons. The zero-order valence-corrected chi connectivity index (χ0v) is 15.7. The number of anilines is 3. The van der Waals surface area contributed by atoms with E-state index in [-0.39, 0.29) is 16.9 Å². The second-order valence-electron chi connectivity index (χ2n) is 7.15. The van der Waals surface area contributed by atoms with Crippen molar-refractivity contribution in [3.63, 3.8) is 0 Å². The molecule has 0 atom stereocenters. The average Bonchev–Trinajstić information content (AvgIpc) is 3.17. The molecule has 1 aromatic carbocycles. The Bertz CT molecular complexity index is 1090. The van der Waals surface area contributed by atoms with Crippen LogP contribution in [0.4, 0.5) is 26.1 Å². The SMILES string of the molecule is CN(c1ccc(F)cc1F)c1cc2cnc(NC3CCCC3)nc2n(C)c1=O. The van der Waals surface area contributed by atoms with Gasteiger partial charge in [0.05, 0.1) is 5.69 Å². The summed E-state index contributed by atoms with van der Waals surface area (Å²) in [5, 5.41) is 3.98. The van der Waals surface area contributed by atoms with E-state index >= 15 is 0 Å². The summed E-state index contributed by atoms with van der Waals surface area (Å²) >= 11 is 0. The molecule has 0 saturated heterocycles. The van der Waals surface area contributed by atoms with Crippen LogP contribution in [0.3, 0.4) is 0 Å². The van der Waals surface area contributed by atoms with Gasteiger partial charge in [0.15, 0.2) is 0 Å². The van der Waals surface area contributed by atoms with Gasteiger partial charge in [0.25, 0.3) is 5.56 Å². The summed E-state index contributed by atoms with van der Waals surface area (Å²) in [6, 6.07) is 5.24. The molecule has 1 fully saturated rings. The van der Waals surface area contributed by atoms with Gasteiger partial charge in [-0.05, 0) is 31.0 Å². The first-order chi connectivity index (χ1) is 13.4. The highest BCUT2D eigenvalue weighted by molar-refractivity contribution is 5.80. The molecular weight excluding hydrogens is 364 g/mol. The Hall–Kier alpha value is -3.03. The van der Waals surface area contributed by atoms with Crippen LogP contribution in [0.2, 0.25) is 0 Å². The lowest BCUT2D eigenvalue weighted by atomic mass is 10.2. The van der Waals surface area contributed by atoms with Crippen LogP contribution in [0.25, 0.3) is 11.0 Å². The molecule has 6 nitrogen and oxygen atoms in total. The number of aryl methyl sites for hydroxylation is 1. The topological polar surface area (TPSA) is 63.1 Å². The number of rotatable bonds is 4. The molecule has 1 N–H and O–H groups in total. The summed E-state index contributed by atoms with van der Waals surface area (Å²) in [5.41, 5.74) is 0.528. The fraction of sp³-hybridized carbons (Fsp3) is 0.350. The maximum Gasteiger partial charge on any atom is 0.275 e. The Labute approximate surface area is 160 Å². The van der Waals surface area contributed by atoms with Crippen LogP contribution >= 0.6 is 0 Å². The van der Waals surface area contributed by atoms with Crippen LogP contribution < -0.4 is 15.8 Å². The van der Waals surface area contributed by atoms with E-state index in [9.17, 15) is 13.6 Å². The van der Waals surface area contributed by atoms with Crippen molar-refractivity contribution in [2.45, 2.75) is 31.7 Å². The third kappa shape index (κ3) is 3.30. The Morgan fingerprint density at radius 2 is 1.93 bits per heavy atom. The van der Waals surface area contributed by atoms with Crippen LogP contribution in [0, 0.1) is 11.6 Å². The van der Waals surface area contributed by atoms with E-state index in [1.807, 2.05) is 0 Å². The highest BCUT2D eigenvalue weighted by Crippen LogP contribution is 2.27. The van der Waals surface area contributed by atoms with Crippen molar-refractivity contribution in [2.24, 2.45) is 7.05 Å². The molecule has 4 rings (SSSR count). The third-order valence-corrected chi connectivity index (χ3v) is 5.25. The quantitative estimate of drug-likeness (QED) is 0.742. The minimum absolute atomic E-state index is 0.110. The molecule has 2 heterocycles. The summed E-state index contributed by atoms with van der Waals surface area (Å²) in [4.78, 5) is 23.1. The summed E-state index contributed by atoms with van der Waals surface area (Å²) in [6.45, 7) is 0. The normalized spacial score (nSPS) is 14.6. The zero-order chi connectivity index (χ0) is 19.8. The maximum absolute atomic E-state index is 14.2. The Morgan fingerprint density at radius 3 is 2.64 bits per heavy atom. The van der Waals surface area contributed by atoms with E-state index in [0.717, 1.165) is 25.0 Å². The Kier molecular flexibility index (Phi) is 4.70. The largest absolute Gasteiger partial charge is 0.351 e. The molecule has 1 aliphatic carbocycles. The number of pyridine rings is 1. The monoisotopic (exact) mass is 385 g/mol. The first-order valence-electron chi connectivity index (χ1n) is 9.26. The number of nitrogens with one attached hydrogen (secondary N) is 1. The van der Waals surface area contributed by atoms with Crippen LogP contribution in [-0.2, 0) is 7.05 Å². The molecule has 1 aliphatic rings. The van der Waals surface area contributed by atoms with Crippen molar-refractivity contribution in [3.05, 3.63) is 52.5 Å².